The highest BCUT2D eigenvalue weighted by atomic mass is 16.5. The Bertz CT molecular complexity index is 1060. The zero-order valence-corrected chi connectivity index (χ0v) is 22.0. The van der Waals surface area contributed by atoms with E-state index in [1.807, 2.05) is 18.5 Å². The predicted molar refractivity (Wildman–Crippen MR) is 148 cm³/mol. The van der Waals surface area contributed by atoms with Crippen LogP contribution in [0.5, 0.6) is 11.5 Å². The second-order valence-electron chi connectivity index (χ2n) is 9.67. The van der Waals surface area contributed by atoms with E-state index in [0.717, 1.165) is 57.0 Å². The number of nitrogens with zero attached hydrogens (tertiary/aromatic N) is 2. The number of nitrogens with one attached hydrogen (secondary N) is 1. The Kier molecular flexibility index (Phi) is 10.2. The topological polar surface area (TPSA) is 46.6 Å². The van der Waals surface area contributed by atoms with E-state index in [1.165, 1.54) is 53.7 Å². The van der Waals surface area contributed by atoms with Crippen molar-refractivity contribution in [2.75, 3.05) is 45.9 Å². The van der Waals surface area contributed by atoms with Crippen molar-refractivity contribution in [1.29, 1.82) is 0 Å². The minimum absolute atomic E-state index is 0.698. The second-order valence-corrected chi connectivity index (χ2v) is 9.67. The van der Waals surface area contributed by atoms with Gasteiger partial charge in [-0.1, -0.05) is 30.3 Å². The van der Waals surface area contributed by atoms with Gasteiger partial charge in [-0.3, -0.25) is 4.98 Å². The van der Waals surface area contributed by atoms with Gasteiger partial charge >= 0.3 is 0 Å². The molecule has 0 amide bonds. The predicted octanol–water partition coefficient (Wildman–Crippen LogP) is 5.83. The van der Waals surface area contributed by atoms with Crippen LogP contribution in [0.15, 0.2) is 60.9 Å². The summed E-state index contributed by atoms with van der Waals surface area (Å²) in [6.45, 7) is 11.3. The lowest BCUT2D eigenvalue weighted by Crippen LogP contribution is -2.22. The first-order valence-corrected chi connectivity index (χ1v) is 13.5. The van der Waals surface area contributed by atoms with Gasteiger partial charge in [0.05, 0.1) is 13.2 Å². The number of aromatic nitrogens is 1. The summed E-state index contributed by atoms with van der Waals surface area (Å²) in [5, 5.41) is 3.50. The van der Waals surface area contributed by atoms with E-state index in [1.54, 1.807) is 0 Å². The zero-order valence-electron chi connectivity index (χ0n) is 22.0. The van der Waals surface area contributed by atoms with Crippen LogP contribution in [-0.4, -0.2) is 55.8 Å². The van der Waals surface area contributed by atoms with Gasteiger partial charge in [-0.25, -0.2) is 0 Å². The Labute approximate surface area is 216 Å². The fourth-order valence-corrected chi connectivity index (χ4v) is 4.88. The summed E-state index contributed by atoms with van der Waals surface area (Å²) < 4.78 is 12.4. The molecule has 1 fully saturated rings. The number of benzene rings is 2. The van der Waals surface area contributed by atoms with E-state index in [9.17, 15) is 0 Å². The van der Waals surface area contributed by atoms with Gasteiger partial charge < -0.3 is 19.7 Å². The van der Waals surface area contributed by atoms with Gasteiger partial charge in [0, 0.05) is 18.9 Å². The molecule has 1 aromatic heterocycles. The molecule has 36 heavy (non-hydrogen) atoms. The van der Waals surface area contributed by atoms with Crippen molar-refractivity contribution in [2.45, 2.75) is 46.0 Å². The summed E-state index contributed by atoms with van der Waals surface area (Å²) in [6, 6.07) is 16.8. The fourth-order valence-electron chi connectivity index (χ4n) is 4.88. The molecule has 1 saturated heterocycles. The van der Waals surface area contributed by atoms with Gasteiger partial charge in [0.15, 0.2) is 0 Å². The molecular formula is C31H41N3O2. The average molecular weight is 488 g/mol. The Balaban J connectivity index is 1.25. The lowest BCUT2D eigenvalue weighted by atomic mass is 9.95. The van der Waals surface area contributed by atoms with Gasteiger partial charge in [0.25, 0.3) is 0 Å². The summed E-state index contributed by atoms with van der Waals surface area (Å²) >= 11 is 0. The molecule has 0 atom stereocenters. The summed E-state index contributed by atoms with van der Waals surface area (Å²) in [7, 11) is 0. The Morgan fingerprint density at radius 2 is 1.47 bits per heavy atom. The highest BCUT2D eigenvalue weighted by Gasteiger charge is 2.13. The number of rotatable bonds is 14. The molecule has 0 aliphatic carbocycles. The van der Waals surface area contributed by atoms with Crippen molar-refractivity contribution >= 4 is 0 Å². The lowest BCUT2D eigenvalue weighted by molar-refractivity contribution is 0.262. The summed E-state index contributed by atoms with van der Waals surface area (Å²) in [5.74, 6) is 1.94. The molecule has 4 rings (SSSR count). The van der Waals surface area contributed by atoms with Crippen LogP contribution >= 0.6 is 0 Å². The molecule has 1 aliphatic heterocycles. The van der Waals surface area contributed by atoms with E-state index < -0.39 is 0 Å². The van der Waals surface area contributed by atoms with Crippen LogP contribution in [0.4, 0.5) is 0 Å². The maximum atomic E-state index is 6.20. The van der Waals surface area contributed by atoms with Crippen LogP contribution in [0, 0.1) is 13.8 Å². The number of hydrogen-bond acceptors (Lipinski definition) is 5. The summed E-state index contributed by atoms with van der Waals surface area (Å²) in [6.07, 6.45) is 9.47. The van der Waals surface area contributed by atoms with Crippen molar-refractivity contribution < 1.29 is 9.47 Å². The maximum Gasteiger partial charge on any atom is 0.122 e. The van der Waals surface area contributed by atoms with Crippen LogP contribution in [0.2, 0.25) is 0 Å². The molecular weight excluding hydrogens is 446 g/mol. The minimum atomic E-state index is 0.698. The molecule has 2 aromatic carbocycles. The number of pyridine rings is 1. The van der Waals surface area contributed by atoms with Crippen molar-refractivity contribution in [3.05, 3.63) is 77.6 Å². The molecule has 192 valence electrons. The average Bonchev–Trinajstić information content (AvgIpc) is 3.42. The molecule has 2 heterocycles. The van der Waals surface area contributed by atoms with Gasteiger partial charge in [-0.05, 0) is 118 Å². The first-order valence-electron chi connectivity index (χ1n) is 13.5. The minimum Gasteiger partial charge on any atom is -0.493 e. The highest BCUT2D eigenvalue weighted by molar-refractivity contribution is 5.74. The largest absolute Gasteiger partial charge is 0.493 e. The van der Waals surface area contributed by atoms with E-state index in [-0.39, 0.29) is 0 Å². The third kappa shape index (κ3) is 7.55. The normalized spacial score (nSPS) is 13.7. The molecule has 1 N–H and O–H groups in total. The standard InChI is InChI=1S/C31H41N3O2/c1-25-28(29-12-6-14-31(26(29)2)36-23-9-21-34-19-3-4-20-34)11-5-13-30(25)35-22-8-17-32-18-15-27-10-7-16-33-24-27/h5-7,10-14,16,24,32H,3-4,8-9,15,17-23H2,1-2H3. The number of hydrogen-bond donors (Lipinski definition) is 1. The van der Waals surface area contributed by atoms with Crippen LogP contribution in [0.3, 0.4) is 0 Å². The first kappa shape index (κ1) is 26.2. The van der Waals surface area contributed by atoms with Gasteiger partial charge in [0.2, 0.25) is 0 Å². The molecule has 0 bridgehead atoms. The maximum absolute atomic E-state index is 6.20. The quantitative estimate of drug-likeness (QED) is 0.290. The number of ether oxygens (including phenoxy) is 2. The smallest absolute Gasteiger partial charge is 0.122 e. The van der Waals surface area contributed by atoms with E-state index in [2.05, 4.69) is 71.5 Å². The Hall–Kier alpha value is -2.89. The molecule has 0 saturated carbocycles. The van der Waals surface area contributed by atoms with Crippen LogP contribution in [0.25, 0.3) is 11.1 Å². The Morgan fingerprint density at radius 3 is 2.11 bits per heavy atom. The van der Waals surface area contributed by atoms with Gasteiger partial charge in [-0.2, -0.15) is 0 Å². The lowest BCUT2D eigenvalue weighted by Gasteiger charge is -2.18. The molecule has 0 unspecified atom stereocenters. The third-order valence-corrected chi connectivity index (χ3v) is 7.00. The summed E-state index contributed by atoms with van der Waals surface area (Å²) in [4.78, 5) is 6.71. The molecule has 0 spiro atoms. The third-order valence-electron chi connectivity index (χ3n) is 7.00. The van der Waals surface area contributed by atoms with Crippen molar-refractivity contribution in [3.8, 4) is 22.6 Å². The second kappa shape index (κ2) is 14.0. The van der Waals surface area contributed by atoms with Crippen molar-refractivity contribution in [1.82, 2.24) is 15.2 Å². The monoisotopic (exact) mass is 487 g/mol. The first-order chi connectivity index (χ1) is 17.7. The van der Waals surface area contributed by atoms with Gasteiger partial charge in [-0.15, -0.1) is 0 Å². The van der Waals surface area contributed by atoms with E-state index in [4.69, 9.17) is 9.47 Å². The van der Waals surface area contributed by atoms with Gasteiger partial charge in [0.1, 0.15) is 11.5 Å². The molecule has 3 aromatic rings. The van der Waals surface area contributed by atoms with Crippen molar-refractivity contribution in [2.24, 2.45) is 0 Å². The Morgan fingerprint density at radius 1 is 0.806 bits per heavy atom. The van der Waals surface area contributed by atoms with Crippen molar-refractivity contribution in [3.63, 3.8) is 0 Å². The highest BCUT2D eigenvalue weighted by Crippen LogP contribution is 2.35. The van der Waals surface area contributed by atoms with Crippen LogP contribution < -0.4 is 14.8 Å². The fraction of sp³-hybridized carbons (Fsp3) is 0.452. The summed E-state index contributed by atoms with van der Waals surface area (Å²) in [5.41, 5.74) is 6.06. The molecule has 1 aliphatic rings. The SMILES string of the molecule is Cc1c(OCCCNCCc2cccnc2)cccc1-c1cccc(OCCCN2CCCC2)c1C. The molecule has 5 nitrogen and oxygen atoms in total. The van der Waals surface area contributed by atoms with Crippen LogP contribution in [0.1, 0.15) is 42.4 Å². The zero-order chi connectivity index (χ0) is 25.0. The molecule has 0 radical (unpaired) electrons. The molecule has 5 heteroatoms. The van der Waals surface area contributed by atoms with E-state index >= 15 is 0 Å². The van der Waals surface area contributed by atoms with Crippen LogP contribution in [-0.2, 0) is 6.42 Å². The van der Waals surface area contributed by atoms with E-state index in [0.29, 0.717) is 6.61 Å². The number of likely N-dealkylation sites (tertiary alicyclic amines) is 1.